The molecule has 0 radical (unpaired) electrons. The monoisotopic (exact) mass is 387 g/mol. The summed E-state index contributed by atoms with van der Waals surface area (Å²) in [6.07, 6.45) is -4.73. The third-order valence-electron chi connectivity index (χ3n) is 5.15. The summed E-state index contributed by atoms with van der Waals surface area (Å²) in [5.74, 6) is -1.38. The van der Waals surface area contributed by atoms with Crippen molar-refractivity contribution < 1.29 is 30.7 Å². The zero-order valence-corrected chi connectivity index (χ0v) is 14.4. The molecule has 2 aliphatic rings. The molecule has 3 heterocycles. The summed E-state index contributed by atoms with van der Waals surface area (Å²) in [6.45, 7) is 1.11. The third kappa shape index (κ3) is 2.65. The summed E-state index contributed by atoms with van der Waals surface area (Å²) in [5.41, 5.74) is 0.476. The molecule has 0 spiro atoms. The molecule has 0 saturated carbocycles. The maximum absolute atomic E-state index is 12.8. The fraction of sp³-hybridized carbons (Fsp3) is 0.412. The van der Waals surface area contributed by atoms with Crippen LogP contribution < -0.4 is 0 Å². The molecule has 4 rings (SSSR count). The van der Waals surface area contributed by atoms with Crippen LogP contribution in [0.1, 0.15) is 11.3 Å². The summed E-state index contributed by atoms with van der Waals surface area (Å²) in [6, 6.07) is 11.0. The zero-order chi connectivity index (χ0) is 18.6. The van der Waals surface area contributed by atoms with Crippen LogP contribution in [0, 0.1) is 5.92 Å². The second kappa shape index (κ2) is 5.83. The Balaban J connectivity index is 1.66. The Morgan fingerprint density at radius 2 is 1.85 bits per heavy atom. The number of alkyl halides is 3. The predicted octanol–water partition coefficient (Wildman–Crippen LogP) is 2.89. The Kier molecular flexibility index (Phi) is 3.94. The van der Waals surface area contributed by atoms with Gasteiger partial charge in [0.25, 0.3) is 10.0 Å². The number of fused-ring (bicyclic) bond motifs is 1. The molecular formula is C17H16F3NO4S. The molecule has 0 bridgehead atoms. The minimum Gasteiger partial charge on any atom is -0.439 e. The summed E-state index contributed by atoms with van der Waals surface area (Å²) in [4.78, 5) is 0. The van der Waals surface area contributed by atoms with Crippen molar-refractivity contribution in [2.45, 2.75) is 16.7 Å². The third-order valence-corrected chi connectivity index (χ3v) is 6.83. The lowest BCUT2D eigenvalue weighted by Crippen LogP contribution is -2.37. The Morgan fingerprint density at radius 1 is 1.12 bits per heavy atom. The number of furan rings is 1. The molecular weight excluding hydrogens is 371 g/mol. The summed E-state index contributed by atoms with van der Waals surface area (Å²) < 4.78 is 75.2. The van der Waals surface area contributed by atoms with Gasteiger partial charge >= 0.3 is 6.18 Å². The Bertz CT molecular complexity index is 910. The molecule has 140 valence electrons. The van der Waals surface area contributed by atoms with Gasteiger partial charge in [0.1, 0.15) is 0 Å². The van der Waals surface area contributed by atoms with Crippen LogP contribution >= 0.6 is 0 Å². The van der Waals surface area contributed by atoms with Crippen molar-refractivity contribution in [1.82, 2.24) is 4.31 Å². The summed E-state index contributed by atoms with van der Waals surface area (Å²) in [5, 5.41) is -0.686. The van der Waals surface area contributed by atoms with Crippen molar-refractivity contribution in [2.75, 3.05) is 26.3 Å². The van der Waals surface area contributed by atoms with Crippen LogP contribution in [0.3, 0.4) is 0 Å². The number of hydrogen-bond acceptors (Lipinski definition) is 4. The number of nitrogens with zero attached hydrogens (tertiary/aromatic N) is 1. The lowest BCUT2D eigenvalue weighted by molar-refractivity contribution is -0.154. The Hall–Kier alpha value is -1.84. The van der Waals surface area contributed by atoms with Crippen LogP contribution in [0.4, 0.5) is 13.2 Å². The molecule has 1 aromatic heterocycles. The van der Waals surface area contributed by atoms with E-state index in [1.165, 1.54) is 4.31 Å². The van der Waals surface area contributed by atoms with Gasteiger partial charge in [-0.1, -0.05) is 30.3 Å². The van der Waals surface area contributed by atoms with Crippen LogP contribution in [0.5, 0.6) is 0 Å². The van der Waals surface area contributed by atoms with Gasteiger partial charge in [-0.3, -0.25) is 0 Å². The summed E-state index contributed by atoms with van der Waals surface area (Å²) in [7, 11) is -4.16. The van der Waals surface area contributed by atoms with E-state index in [4.69, 9.17) is 4.74 Å². The molecule has 0 aliphatic carbocycles. The van der Waals surface area contributed by atoms with Crippen LogP contribution in [-0.2, 0) is 26.4 Å². The number of rotatable bonds is 3. The SMILES string of the molecule is O=S(=O)(c1ccc(C(F)(F)F)o1)N1C[C@@H]2COC[C@]2(c2ccccc2)C1. The molecule has 2 aliphatic heterocycles. The normalized spacial score (nSPS) is 27.0. The Morgan fingerprint density at radius 3 is 2.50 bits per heavy atom. The van der Waals surface area contributed by atoms with E-state index >= 15 is 0 Å². The first kappa shape index (κ1) is 17.6. The zero-order valence-electron chi connectivity index (χ0n) is 13.6. The highest BCUT2D eigenvalue weighted by Crippen LogP contribution is 2.45. The molecule has 2 aromatic rings. The van der Waals surface area contributed by atoms with Crippen LogP contribution in [-0.4, -0.2) is 39.0 Å². The quantitative estimate of drug-likeness (QED) is 0.813. The van der Waals surface area contributed by atoms with Gasteiger partial charge in [0.2, 0.25) is 10.9 Å². The second-order valence-corrected chi connectivity index (χ2v) is 8.52. The number of ether oxygens (including phenoxy) is 1. The molecule has 1 aromatic carbocycles. The van der Waals surface area contributed by atoms with E-state index in [9.17, 15) is 21.6 Å². The first-order valence-corrected chi connectivity index (χ1v) is 9.48. The van der Waals surface area contributed by atoms with E-state index in [0.29, 0.717) is 19.3 Å². The second-order valence-electron chi connectivity index (χ2n) is 6.65. The molecule has 0 N–H and O–H groups in total. The van der Waals surface area contributed by atoms with Crippen molar-refractivity contribution in [2.24, 2.45) is 5.92 Å². The van der Waals surface area contributed by atoms with Crippen LogP contribution in [0.2, 0.25) is 0 Å². The molecule has 0 amide bonds. The van der Waals surface area contributed by atoms with Crippen LogP contribution in [0.25, 0.3) is 0 Å². The lowest BCUT2D eigenvalue weighted by Gasteiger charge is -2.27. The van der Waals surface area contributed by atoms with E-state index in [-0.39, 0.29) is 19.0 Å². The molecule has 5 nitrogen and oxygen atoms in total. The molecule has 26 heavy (non-hydrogen) atoms. The average Bonchev–Trinajstić information content (AvgIpc) is 3.29. The van der Waals surface area contributed by atoms with Crippen molar-refractivity contribution in [3.05, 3.63) is 53.8 Å². The van der Waals surface area contributed by atoms with Crippen molar-refractivity contribution in [1.29, 1.82) is 0 Å². The van der Waals surface area contributed by atoms with Gasteiger partial charge in [-0.2, -0.15) is 17.5 Å². The predicted molar refractivity (Wildman–Crippen MR) is 84.9 cm³/mol. The first-order valence-electron chi connectivity index (χ1n) is 8.04. The maximum atomic E-state index is 12.8. The van der Waals surface area contributed by atoms with Gasteiger partial charge in [0.15, 0.2) is 0 Å². The minimum absolute atomic E-state index is 0.0586. The van der Waals surface area contributed by atoms with Crippen molar-refractivity contribution in [3.8, 4) is 0 Å². The average molecular weight is 387 g/mol. The highest BCUT2D eigenvalue weighted by atomic mass is 32.2. The van der Waals surface area contributed by atoms with E-state index in [1.807, 2.05) is 30.3 Å². The van der Waals surface area contributed by atoms with Crippen LogP contribution in [0.15, 0.2) is 52.0 Å². The van der Waals surface area contributed by atoms with Gasteiger partial charge in [0.05, 0.1) is 13.2 Å². The van der Waals surface area contributed by atoms with Gasteiger partial charge in [-0.05, 0) is 17.7 Å². The largest absolute Gasteiger partial charge is 0.449 e. The fourth-order valence-electron chi connectivity index (χ4n) is 3.79. The standard InChI is InChI=1S/C17H16F3NO4S/c18-17(19,20)14-6-7-15(25-14)26(22,23)21-8-13-9-24-11-16(13,10-21)12-4-2-1-3-5-12/h1-7,13H,8-11H2/t13-,16+/m1/s1. The topological polar surface area (TPSA) is 59.8 Å². The van der Waals surface area contributed by atoms with Crippen molar-refractivity contribution in [3.63, 3.8) is 0 Å². The van der Waals surface area contributed by atoms with Gasteiger partial charge < -0.3 is 9.15 Å². The van der Waals surface area contributed by atoms with Gasteiger partial charge in [-0.15, -0.1) is 0 Å². The number of hydrogen-bond donors (Lipinski definition) is 0. The fourth-order valence-corrected chi connectivity index (χ4v) is 5.26. The molecule has 2 fully saturated rings. The highest BCUT2D eigenvalue weighted by Gasteiger charge is 2.55. The number of halogens is 3. The highest BCUT2D eigenvalue weighted by molar-refractivity contribution is 7.89. The smallest absolute Gasteiger partial charge is 0.439 e. The van der Waals surface area contributed by atoms with Crippen molar-refractivity contribution >= 4 is 10.0 Å². The first-order chi connectivity index (χ1) is 12.2. The Labute approximate surface area is 148 Å². The van der Waals surface area contributed by atoms with E-state index < -0.39 is 32.5 Å². The van der Waals surface area contributed by atoms with E-state index in [1.54, 1.807) is 0 Å². The maximum Gasteiger partial charge on any atom is 0.449 e. The number of benzene rings is 1. The van der Waals surface area contributed by atoms with E-state index in [2.05, 4.69) is 4.42 Å². The summed E-state index contributed by atoms with van der Waals surface area (Å²) >= 11 is 0. The van der Waals surface area contributed by atoms with Gasteiger partial charge in [-0.25, -0.2) is 8.42 Å². The molecule has 2 saturated heterocycles. The minimum atomic E-state index is -4.73. The number of sulfonamides is 1. The molecule has 9 heteroatoms. The molecule has 0 unspecified atom stereocenters. The van der Waals surface area contributed by atoms with E-state index in [0.717, 1.165) is 11.6 Å². The molecule has 2 atom stereocenters. The van der Waals surface area contributed by atoms with Gasteiger partial charge in [0, 0.05) is 24.4 Å². The lowest BCUT2D eigenvalue weighted by atomic mass is 9.75.